The van der Waals surface area contributed by atoms with Crippen molar-refractivity contribution in [2.75, 3.05) is 7.11 Å². The molecule has 0 unspecified atom stereocenters. The van der Waals surface area contributed by atoms with Crippen LogP contribution in [0.4, 0.5) is 0 Å². The second-order valence-electron chi connectivity index (χ2n) is 4.22. The van der Waals surface area contributed by atoms with E-state index < -0.39 is 0 Å². The van der Waals surface area contributed by atoms with E-state index in [4.69, 9.17) is 10.5 Å². The summed E-state index contributed by atoms with van der Waals surface area (Å²) in [5, 5.41) is 9.23. The summed E-state index contributed by atoms with van der Waals surface area (Å²) >= 11 is 1.62. The third kappa shape index (κ3) is 3.29. The number of hydrogen-bond acceptors (Lipinski definition) is 6. The normalized spacial score (nSPS) is 10.8. The zero-order valence-corrected chi connectivity index (χ0v) is 12.6. The van der Waals surface area contributed by atoms with Gasteiger partial charge in [0.05, 0.1) is 13.7 Å². The van der Waals surface area contributed by atoms with E-state index >= 15 is 0 Å². The molecule has 2 N–H and O–H groups in total. The Morgan fingerprint density at radius 3 is 2.95 bits per heavy atom. The van der Waals surface area contributed by atoms with Crippen LogP contribution in [-0.2, 0) is 18.8 Å². The number of pyridine rings is 1. The third-order valence-corrected chi connectivity index (χ3v) is 3.84. The summed E-state index contributed by atoms with van der Waals surface area (Å²) < 4.78 is 7.33. The lowest BCUT2D eigenvalue weighted by Gasteiger charge is -2.09. The first kappa shape index (κ1) is 14.8. The Labute approximate surface area is 122 Å². The molecule has 0 atom stereocenters. The molecule has 0 amide bonds. The lowest BCUT2D eigenvalue weighted by Crippen LogP contribution is -2.09. The Balaban J connectivity index is 2.12. The first-order valence-corrected chi connectivity index (χ1v) is 7.51. The quantitative estimate of drug-likeness (QED) is 0.785. The highest BCUT2D eigenvalue weighted by Gasteiger charge is 2.12. The summed E-state index contributed by atoms with van der Waals surface area (Å²) in [6.07, 6.45) is 2.74. The van der Waals surface area contributed by atoms with E-state index in [1.54, 1.807) is 25.1 Å². The molecule has 0 saturated carbocycles. The van der Waals surface area contributed by atoms with Crippen LogP contribution in [0.5, 0.6) is 5.88 Å². The van der Waals surface area contributed by atoms with Crippen LogP contribution in [0, 0.1) is 0 Å². The number of thioether (sulfide) groups is 1. The number of nitrogens with zero attached hydrogens (tertiary/aromatic N) is 4. The van der Waals surface area contributed by atoms with Gasteiger partial charge in [0.25, 0.3) is 0 Å². The van der Waals surface area contributed by atoms with E-state index in [-0.39, 0.29) is 0 Å². The van der Waals surface area contributed by atoms with Gasteiger partial charge >= 0.3 is 0 Å². The minimum absolute atomic E-state index is 0.407. The molecular weight excluding hydrogens is 274 g/mol. The smallest absolute Gasteiger partial charge is 0.217 e. The molecule has 0 spiro atoms. The number of ether oxygens (including phenoxy) is 1. The number of rotatable bonds is 7. The highest BCUT2D eigenvalue weighted by Crippen LogP contribution is 2.26. The summed E-state index contributed by atoms with van der Waals surface area (Å²) in [7, 11) is 1.63. The molecule has 6 nitrogen and oxygen atoms in total. The Morgan fingerprint density at radius 1 is 1.40 bits per heavy atom. The summed E-state index contributed by atoms with van der Waals surface area (Å²) in [6, 6.07) is 3.91. The van der Waals surface area contributed by atoms with Crippen LogP contribution in [0.3, 0.4) is 0 Å². The molecule has 20 heavy (non-hydrogen) atoms. The standard InChI is InChI=1S/C13H19N5OS/c1-3-7-18-11(8-14)16-17-13(18)20-9-10-5-4-6-15-12(10)19-2/h4-6H,3,7-9,14H2,1-2H3. The summed E-state index contributed by atoms with van der Waals surface area (Å²) in [4.78, 5) is 4.19. The van der Waals surface area contributed by atoms with Crippen molar-refractivity contribution in [3.05, 3.63) is 29.7 Å². The van der Waals surface area contributed by atoms with Gasteiger partial charge in [-0.25, -0.2) is 4.98 Å². The number of aromatic nitrogens is 4. The molecule has 0 aliphatic rings. The Kier molecular flexibility index (Phi) is 5.37. The molecule has 2 aromatic rings. The van der Waals surface area contributed by atoms with Crippen molar-refractivity contribution in [3.63, 3.8) is 0 Å². The third-order valence-electron chi connectivity index (χ3n) is 2.82. The van der Waals surface area contributed by atoms with Gasteiger partial charge in [0.1, 0.15) is 5.82 Å². The van der Waals surface area contributed by atoms with Crippen LogP contribution < -0.4 is 10.5 Å². The lowest BCUT2D eigenvalue weighted by atomic mass is 10.3. The van der Waals surface area contributed by atoms with E-state index in [0.29, 0.717) is 12.4 Å². The van der Waals surface area contributed by atoms with Crippen LogP contribution in [-0.4, -0.2) is 26.9 Å². The van der Waals surface area contributed by atoms with Gasteiger partial charge in [-0.2, -0.15) is 0 Å². The second kappa shape index (κ2) is 7.25. The molecule has 0 aromatic carbocycles. The van der Waals surface area contributed by atoms with E-state index in [9.17, 15) is 0 Å². The number of hydrogen-bond donors (Lipinski definition) is 1. The number of methoxy groups -OCH3 is 1. The fraction of sp³-hybridized carbons (Fsp3) is 0.462. The van der Waals surface area contributed by atoms with Crippen LogP contribution in [0.25, 0.3) is 0 Å². The highest BCUT2D eigenvalue weighted by molar-refractivity contribution is 7.98. The molecule has 0 aliphatic carbocycles. The molecule has 7 heteroatoms. The van der Waals surface area contributed by atoms with E-state index in [0.717, 1.165) is 35.3 Å². The summed E-state index contributed by atoms with van der Waals surface area (Å²) in [5.41, 5.74) is 6.73. The van der Waals surface area contributed by atoms with Gasteiger partial charge in [0.2, 0.25) is 5.88 Å². The fourth-order valence-corrected chi connectivity index (χ4v) is 2.84. The van der Waals surface area contributed by atoms with Crippen molar-refractivity contribution in [2.24, 2.45) is 5.73 Å². The van der Waals surface area contributed by atoms with Crippen LogP contribution in [0.1, 0.15) is 24.7 Å². The largest absolute Gasteiger partial charge is 0.481 e. The highest BCUT2D eigenvalue weighted by atomic mass is 32.2. The maximum atomic E-state index is 5.68. The molecule has 0 aliphatic heterocycles. The fourth-order valence-electron chi connectivity index (χ4n) is 1.89. The molecule has 2 heterocycles. The molecular formula is C13H19N5OS. The zero-order valence-electron chi connectivity index (χ0n) is 11.7. The predicted molar refractivity (Wildman–Crippen MR) is 78.6 cm³/mol. The molecule has 0 saturated heterocycles. The summed E-state index contributed by atoms with van der Waals surface area (Å²) in [6.45, 7) is 3.41. The SMILES string of the molecule is CCCn1c(CN)nnc1SCc1cccnc1OC. The van der Waals surface area contributed by atoms with Crippen LogP contribution >= 0.6 is 11.8 Å². The van der Waals surface area contributed by atoms with Gasteiger partial charge < -0.3 is 15.0 Å². The average molecular weight is 293 g/mol. The van der Waals surface area contributed by atoms with E-state index in [1.807, 2.05) is 12.1 Å². The van der Waals surface area contributed by atoms with Crippen LogP contribution in [0.2, 0.25) is 0 Å². The minimum atomic E-state index is 0.407. The first-order valence-electron chi connectivity index (χ1n) is 6.53. The molecule has 0 radical (unpaired) electrons. The molecule has 0 bridgehead atoms. The van der Waals surface area contributed by atoms with Crippen molar-refractivity contribution in [3.8, 4) is 5.88 Å². The van der Waals surface area contributed by atoms with Gasteiger partial charge in [-0.15, -0.1) is 10.2 Å². The van der Waals surface area contributed by atoms with Crippen molar-refractivity contribution >= 4 is 11.8 Å². The van der Waals surface area contributed by atoms with Gasteiger partial charge in [0.15, 0.2) is 5.16 Å². The van der Waals surface area contributed by atoms with Crippen molar-refractivity contribution in [2.45, 2.75) is 37.3 Å². The second-order valence-corrected chi connectivity index (χ2v) is 5.16. The van der Waals surface area contributed by atoms with Crippen molar-refractivity contribution < 1.29 is 4.74 Å². The Hall–Kier alpha value is -1.60. The zero-order chi connectivity index (χ0) is 14.4. The molecule has 2 rings (SSSR count). The van der Waals surface area contributed by atoms with Gasteiger partial charge in [0, 0.05) is 24.1 Å². The molecule has 2 aromatic heterocycles. The summed E-state index contributed by atoms with van der Waals surface area (Å²) in [5.74, 6) is 2.22. The monoisotopic (exact) mass is 293 g/mol. The lowest BCUT2D eigenvalue weighted by molar-refractivity contribution is 0.394. The number of nitrogens with two attached hydrogens (primary N) is 1. The van der Waals surface area contributed by atoms with Crippen molar-refractivity contribution in [1.82, 2.24) is 19.7 Å². The average Bonchev–Trinajstić information content (AvgIpc) is 2.88. The van der Waals surface area contributed by atoms with E-state index in [1.165, 1.54) is 0 Å². The minimum Gasteiger partial charge on any atom is -0.481 e. The Morgan fingerprint density at radius 2 is 2.25 bits per heavy atom. The van der Waals surface area contributed by atoms with Gasteiger partial charge in [-0.1, -0.05) is 24.8 Å². The maximum Gasteiger partial charge on any atom is 0.217 e. The Bertz CT molecular complexity index is 557. The van der Waals surface area contributed by atoms with Crippen LogP contribution in [0.15, 0.2) is 23.5 Å². The maximum absolute atomic E-state index is 5.68. The van der Waals surface area contributed by atoms with Gasteiger partial charge in [-0.05, 0) is 12.5 Å². The van der Waals surface area contributed by atoms with Crippen molar-refractivity contribution in [1.29, 1.82) is 0 Å². The van der Waals surface area contributed by atoms with Gasteiger partial charge in [-0.3, -0.25) is 0 Å². The molecule has 108 valence electrons. The predicted octanol–water partition coefficient (Wildman–Crippen LogP) is 1.84. The first-order chi connectivity index (χ1) is 9.80. The molecule has 0 fully saturated rings. The topological polar surface area (TPSA) is 78.9 Å². The van der Waals surface area contributed by atoms with E-state index in [2.05, 4.69) is 26.7 Å².